The number of nitrogens with one attached hydrogen (secondary N) is 1. The number of aromatic amines is 1. The Balaban J connectivity index is 1.73. The van der Waals surface area contributed by atoms with Gasteiger partial charge < -0.3 is 9.31 Å². The summed E-state index contributed by atoms with van der Waals surface area (Å²) in [6, 6.07) is 5.70. The van der Waals surface area contributed by atoms with E-state index >= 15 is 0 Å². The van der Waals surface area contributed by atoms with Crippen LogP contribution in [0.2, 0.25) is 0 Å². The van der Waals surface area contributed by atoms with Crippen molar-refractivity contribution in [1.29, 1.82) is 0 Å². The standard InChI is InChI=1S/C17H19BF2N4O2/c1-16(2)17(3,4)26-18(25-16)11-5-6-13-12(7-11)14(23-22-13)10-8-21-24(9-10)15(19)20/h5-9,15H,1-4H3,(H,22,23). The number of H-pyrrole nitrogens is 1. The fourth-order valence-corrected chi connectivity index (χ4v) is 2.94. The zero-order chi connectivity index (χ0) is 18.7. The molecule has 1 fully saturated rings. The second kappa shape index (κ2) is 5.62. The van der Waals surface area contributed by atoms with E-state index in [0.29, 0.717) is 15.9 Å². The van der Waals surface area contributed by atoms with E-state index in [0.717, 1.165) is 16.4 Å². The van der Waals surface area contributed by atoms with Gasteiger partial charge in [-0.15, -0.1) is 0 Å². The summed E-state index contributed by atoms with van der Waals surface area (Å²) in [6.07, 6.45) is 2.66. The lowest BCUT2D eigenvalue weighted by Crippen LogP contribution is -2.41. The van der Waals surface area contributed by atoms with E-state index < -0.39 is 24.9 Å². The van der Waals surface area contributed by atoms with Crippen LogP contribution in [-0.4, -0.2) is 38.3 Å². The monoisotopic (exact) mass is 360 g/mol. The predicted molar refractivity (Wildman–Crippen MR) is 94.3 cm³/mol. The van der Waals surface area contributed by atoms with Gasteiger partial charge >= 0.3 is 13.7 Å². The van der Waals surface area contributed by atoms with Crippen molar-refractivity contribution in [3.8, 4) is 11.3 Å². The average molecular weight is 360 g/mol. The molecule has 1 aliphatic rings. The lowest BCUT2D eigenvalue weighted by molar-refractivity contribution is 0.00578. The molecule has 2 aromatic heterocycles. The fraction of sp³-hybridized carbons (Fsp3) is 0.412. The first-order valence-electron chi connectivity index (χ1n) is 8.34. The van der Waals surface area contributed by atoms with Crippen molar-refractivity contribution >= 4 is 23.5 Å². The summed E-state index contributed by atoms with van der Waals surface area (Å²) >= 11 is 0. The zero-order valence-corrected chi connectivity index (χ0v) is 15.0. The van der Waals surface area contributed by atoms with Crippen LogP contribution >= 0.6 is 0 Å². The van der Waals surface area contributed by atoms with Gasteiger partial charge in [-0.05, 0) is 39.2 Å². The highest BCUT2D eigenvalue weighted by Gasteiger charge is 2.51. The molecule has 1 aliphatic heterocycles. The van der Waals surface area contributed by atoms with E-state index in [1.807, 2.05) is 45.9 Å². The van der Waals surface area contributed by atoms with Crippen LogP contribution in [0.3, 0.4) is 0 Å². The maximum absolute atomic E-state index is 12.8. The first-order valence-corrected chi connectivity index (χ1v) is 8.34. The topological polar surface area (TPSA) is 65.0 Å². The summed E-state index contributed by atoms with van der Waals surface area (Å²) in [7, 11) is -0.504. The van der Waals surface area contributed by atoms with Crippen LogP contribution in [0, 0.1) is 0 Å². The first-order chi connectivity index (χ1) is 12.2. The van der Waals surface area contributed by atoms with Gasteiger partial charge in [0.1, 0.15) is 5.69 Å². The van der Waals surface area contributed by atoms with Crippen LogP contribution in [0.25, 0.3) is 22.2 Å². The summed E-state index contributed by atoms with van der Waals surface area (Å²) in [5.41, 5.74) is 1.84. The van der Waals surface area contributed by atoms with Gasteiger partial charge in [0.25, 0.3) is 0 Å². The smallest absolute Gasteiger partial charge is 0.399 e. The highest BCUT2D eigenvalue weighted by Crippen LogP contribution is 2.37. The van der Waals surface area contributed by atoms with Crippen LogP contribution in [0.4, 0.5) is 8.78 Å². The van der Waals surface area contributed by atoms with Gasteiger partial charge in [0.15, 0.2) is 0 Å². The number of hydrogen-bond acceptors (Lipinski definition) is 4. The number of fused-ring (bicyclic) bond motifs is 1. The van der Waals surface area contributed by atoms with Crippen molar-refractivity contribution in [2.45, 2.75) is 45.4 Å². The molecule has 4 rings (SSSR count). The second-order valence-corrected chi connectivity index (χ2v) is 7.45. The van der Waals surface area contributed by atoms with Gasteiger partial charge in [-0.1, -0.05) is 12.1 Å². The van der Waals surface area contributed by atoms with Crippen molar-refractivity contribution in [3.05, 3.63) is 30.6 Å². The SMILES string of the molecule is CC1(C)OB(c2ccc3[nH]nc(-c4cnn(C(F)F)c4)c3c2)OC1(C)C. The van der Waals surface area contributed by atoms with Gasteiger partial charge in [0, 0.05) is 17.1 Å². The quantitative estimate of drug-likeness (QED) is 0.729. The van der Waals surface area contributed by atoms with Crippen molar-refractivity contribution in [3.63, 3.8) is 0 Å². The van der Waals surface area contributed by atoms with Crippen LogP contribution in [0.5, 0.6) is 0 Å². The molecule has 6 nitrogen and oxygen atoms in total. The molecule has 0 spiro atoms. The van der Waals surface area contributed by atoms with Crippen LogP contribution in [0.15, 0.2) is 30.6 Å². The molecule has 3 aromatic rings. The third-order valence-electron chi connectivity index (χ3n) is 5.19. The van der Waals surface area contributed by atoms with Crippen molar-refractivity contribution in [1.82, 2.24) is 20.0 Å². The maximum Gasteiger partial charge on any atom is 0.494 e. The summed E-state index contributed by atoms with van der Waals surface area (Å²) in [5, 5.41) is 11.7. The van der Waals surface area contributed by atoms with E-state index in [1.54, 1.807) is 0 Å². The Morgan fingerprint density at radius 2 is 1.85 bits per heavy atom. The summed E-state index contributed by atoms with van der Waals surface area (Å²) in [6.45, 7) is 5.29. The average Bonchev–Trinajstić information content (AvgIpc) is 3.23. The summed E-state index contributed by atoms with van der Waals surface area (Å²) < 4.78 is 38.4. The van der Waals surface area contributed by atoms with E-state index in [9.17, 15) is 8.78 Å². The number of aromatic nitrogens is 4. The van der Waals surface area contributed by atoms with Gasteiger partial charge in [-0.3, -0.25) is 5.10 Å². The summed E-state index contributed by atoms with van der Waals surface area (Å²) in [5.74, 6) is 0. The Labute approximate surface area is 149 Å². The Bertz CT molecular complexity index is 951. The Hall–Kier alpha value is -2.26. The number of nitrogens with zero attached hydrogens (tertiary/aromatic N) is 3. The Kier molecular flexibility index (Phi) is 3.71. The van der Waals surface area contributed by atoms with Gasteiger partial charge in [-0.25, -0.2) is 4.68 Å². The third-order valence-corrected chi connectivity index (χ3v) is 5.19. The molecule has 26 heavy (non-hydrogen) atoms. The highest BCUT2D eigenvalue weighted by molar-refractivity contribution is 6.62. The Morgan fingerprint density at radius 3 is 2.46 bits per heavy atom. The molecule has 0 amide bonds. The number of benzene rings is 1. The van der Waals surface area contributed by atoms with Crippen LogP contribution in [0.1, 0.15) is 34.2 Å². The van der Waals surface area contributed by atoms with E-state index in [2.05, 4.69) is 15.3 Å². The number of hydrogen-bond donors (Lipinski definition) is 1. The molecule has 0 aliphatic carbocycles. The second-order valence-electron chi connectivity index (χ2n) is 7.45. The molecule has 0 unspecified atom stereocenters. The largest absolute Gasteiger partial charge is 0.494 e. The van der Waals surface area contributed by atoms with E-state index in [4.69, 9.17) is 9.31 Å². The van der Waals surface area contributed by atoms with Gasteiger partial charge in [0.2, 0.25) is 0 Å². The number of alkyl halides is 2. The lowest BCUT2D eigenvalue weighted by Gasteiger charge is -2.32. The zero-order valence-electron chi connectivity index (χ0n) is 15.0. The molecule has 1 aromatic carbocycles. The molecule has 9 heteroatoms. The number of halogens is 2. The van der Waals surface area contributed by atoms with E-state index in [1.165, 1.54) is 12.4 Å². The van der Waals surface area contributed by atoms with E-state index in [-0.39, 0.29) is 0 Å². The predicted octanol–water partition coefficient (Wildman–Crippen LogP) is 3.12. The fourth-order valence-electron chi connectivity index (χ4n) is 2.94. The van der Waals surface area contributed by atoms with Crippen molar-refractivity contribution in [2.24, 2.45) is 0 Å². The molecule has 1 saturated heterocycles. The normalized spacial score (nSPS) is 19.0. The molecular formula is C17H19BF2N4O2. The lowest BCUT2D eigenvalue weighted by atomic mass is 9.78. The molecular weight excluding hydrogens is 341 g/mol. The van der Waals surface area contributed by atoms with Gasteiger partial charge in [-0.2, -0.15) is 19.0 Å². The number of rotatable bonds is 3. The van der Waals surface area contributed by atoms with Crippen molar-refractivity contribution in [2.75, 3.05) is 0 Å². The first kappa shape index (κ1) is 17.2. The van der Waals surface area contributed by atoms with Crippen LogP contribution < -0.4 is 5.46 Å². The summed E-state index contributed by atoms with van der Waals surface area (Å²) in [4.78, 5) is 0. The molecule has 0 atom stereocenters. The minimum atomic E-state index is -2.69. The Morgan fingerprint density at radius 1 is 1.15 bits per heavy atom. The molecule has 0 saturated carbocycles. The van der Waals surface area contributed by atoms with Gasteiger partial charge in [0.05, 0.1) is 22.9 Å². The highest BCUT2D eigenvalue weighted by atomic mass is 19.3. The maximum atomic E-state index is 12.8. The molecule has 136 valence electrons. The molecule has 1 N–H and O–H groups in total. The molecule has 0 bridgehead atoms. The minimum Gasteiger partial charge on any atom is -0.399 e. The molecule has 0 radical (unpaired) electrons. The van der Waals surface area contributed by atoms with Crippen LogP contribution in [-0.2, 0) is 9.31 Å². The third kappa shape index (κ3) is 2.62. The van der Waals surface area contributed by atoms with Crippen molar-refractivity contribution < 1.29 is 18.1 Å². The minimum absolute atomic E-state index is 0.440. The molecule has 3 heterocycles.